The second-order valence-corrected chi connectivity index (χ2v) is 6.93. The quantitative estimate of drug-likeness (QED) is 0.320. The molecule has 2 aromatic carbocycles. The largest absolute Gasteiger partial charge is 0.477 e. The molecule has 3 rings (SSSR count). The summed E-state index contributed by atoms with van der Waals surface area (Å²) < 4.78 is 11.9. The standard InChI is InChI=1S/C20H16BrN3O5/c1-13-2-8-19(17(10-13)24(26)27)28-12-20(25)23-22-11-16-7-9-18(29-16)14-3-5-15(21)6-4-14/h2-11H,12H2,1H3,(H,23,25). The van der Waals surface area contributed by atoms with Gasteiger partial charge in [-0.25, -0.2) is 5.43 Å². The van der Waals surface area contributed by atoms with Gasteiger partial charge < -0.3 is 9.15 Å². The lowest BCUT2D eigenvalue weighted by Gasteiger charge is -2.06. The van der Waals surface area contributed by atoms with Crippen LogP contribution in [0.5, 0.6) is 5.75 Å². The Balaban J connectivity index is 1.54. The summed E-state index contributed by atoms with van der Waals surface area (Å²) in [4.78, 5) is 22.4. The van der Waals surface area contributed by atoms with Gasteiger partial charge in [0.05, 0.1) is 11.1 Å². The number of ether oxygens (including phenoxy) is 1. The number of amides is 1. The van der Waals surface area contributed by atoms with E-state index in [1.54, 1.807) is 25.1 Å². The number of benzene rings is 2. The first-order valence-corrected chi connectivity index (χ1v) is 9.27. The predicted molar refractivity (Wildman–Crippen MR) is 111 cm³/mol. The smallest absolute Gasteiger partial charge is 0.311 e. The first kappa shape index (κ1) is 20.3. The van der Waals surface area contributed by atoms with E-state index in [0.29, 0.717) is 11.5 Å². The zero-order valence-electron chi connectivity index (χ0n) is 15.3. The van der Waals surface area contributed by atoms with E-state index in [2.05, 4.69) is 26.5 Å². The predicted octanol–water partition coefficient (Wildman–Crippen LogP) is 4.45. The van der Waals surface area contributed by atoms with E-state index in [9.17, 15) is 14.9 Å². The lowest BCUT2D eigenvalue weighted by molar-refractivity contribution is -0.385. The molecule has 0 bridgehead atoms. The summed E-state index contributed by atoms with van der Waals surface area (Å²) in [5, 5.41) is 14.9. The van der Waals surface area contributed by atoms with Gasteiger partial charge in [0.15, 0.2) is 12.4 Å². The minimum atomic E-state index is -0.559. The summed E-state index contributed by atoms with van der Waals surface area (Å²) in [6, 6.07) is 15.7. The van der Waals surface area contributed by atoms with Crippen molar-refractivity contribution in [2.24, 2.45) is 5.10 Å². The highest BCUT2D eigenvalue weighted by molar-refractivity contribution is 9.10. The van der Waals surface area contributed by atoms with Gasteiger partial charge in [0.1, 0.15) is 11.5 Å². The van der Waals surface area contributed by atoms with E-state index in [1.165, 1.54) is 18.3 Å². The van der Waals surface area contributed by atoms with Crippen LogP contribution in [0.3, 0.4) is 0 Å². The molecule has 0 saturated heterocycles. The van der Waals surface area contributed by atoms with Crippen LogP contribution in [0.15, 0.2) is 68.6 Å². The molecule has 1 aromatic heterocycles. The summed E-state index contributed by atoms with van der Waals surface area (Å²) >= 11 is 3.38. The van der Waals surface area contributed by atoms with Crippen LogP contribution in [0.25, 0.3) is 11.3 Å². The maximum absolute atomic E-state index is 11.9. The van der Waals surface area contributed by atoms with Gasteiger partial charge in [0.2, 0.25) is 0 Å². The lowest BCUT2D eigenvalue weighted by atomic mass is 10.2. The third-order valence-corrected chi connectivity index (χ3v) is 4.34. The first-order valence-electron chi connectivity index (χ1n) is 8.48. The molecule has 148 valence electrons. The Hall–Kier alpha value is -3.46. The fourth-order valence-corrected chi connectivity index (χ4v) is 2.69. The van der Waals surface area contributed by atoms with Gasteiger partial charge in [-0.05, 0) is 42.8 Å². The number of furan rings is 1. The molecule has 0 atom stereocenters. The topological polar surface area (TPSA) is 107 Å². The molecule has 0 fully saturated rings. The van der Waals surface area contributed by atoms with Crippen molar-refractivity contribution in [3.63, 3.8) is 0 Å². The first-order chi connectivity index (χ1) is 13.9. The zero-order chi connectivity index (χ0) is 20.8. The molecular weight excluding hydrogens is 442 g/mol. The lowest BCUT2D eigenvalue weighted by Crippen LogP contribution is -2.24. The summed E-state index contributed by atoms with van der Waals surface area (Å²) in [5.41, 5.74) is 3.72. The van der Waals surface area contributed by atoms with Crippen molar-refractivity contribution in [1.29, 1.82) is 0 Å². The number of nitrogens with zero attached hydrogens (tertiary/aromatic N) is 2. The van der Waals surface area contributed by atoms with Gasteiger partial charge in [-0.2, -0.15) is 5.10 Å². The summed E-state index contributed by atoms with van der Waals surface area (Å²) in [6.45, 7) is 1.32. The average molecular weight is 458 g/mol. The van der Waals surface area contributed by atoms with Crippen LogP contribution in [0.1, 0.15) is 11.3 Å². The minimum absolute atomic E-state index is 0.0184. The van der Waals surface area contributed by atoms with E-state index in [-0.39, 0.29) is 11.4 Å². The van der Waals surface area contributed by atoms with Crippen molar-refractivity contribution in [1.82, 2.24) is 5.43 Å². The van der Waals surface area contributed by atoms with Gasteiger partial charge in [-0.1, -0.05) is 34.1 Å². The molecule has 0 aliphatic rings. The number of hydrogen-bond acceptors (Lipinski definition) is 6. The number of aryl methyl sites for hydroxylation is 1. The number of nitro benzene ring substituents is 1. The zero-order valence-corrected chi connectivity index (χ0v) is 16.9. The minimum Gasteiger partial charge on any atom is -0.477 e. The monoisotopic (exact) mass is 457 g/mol. The highest BCUT2D eigenvalue weighted by Gasteiger charge is 2.16. The number of nitrogens with one attached hydrogen (secondary N) is 1. The van der Waals surface area contributed by atoms with E-state index in [1.807, 2.05) is 24.3 Å². The van der Waals surface area contributed by atoms with Crippen molar-refractivity contribution in [3.8, 4) is 17.1 Å². The third kappa shape index (κ3) is 5.52. The Morgan fingerprint density at radius 2 is 2.00 bits per heavy atom. The molecule has 0 saturated carbocycles. The summed E-state index contributed by atoms with van der Waals surface area (Å²) in [6.07, 6.45) is 1.36. The fraction of sp³-hybridized carbons (Fsp3) is 0.100. The number of carbonyl (C=O) groups excluding carboxylic acids is 1. The molecule has 0 aliphatic heterocycles. The number of nitro groups is 1. The Morgan fingerprint density at radius 1 is 1.24 bits per heavy atom. The second-order valence-electron chi connectivity index (χ2n) is 6.02. The van der Waals surface area contributed by atoms with Crippen LogP contribution in [-0.2, 0) is 4.79 Å². The van der Waals surface area contributed by atoms with Crippen LogP contribution in [0.4, 0.5) is 5.69 Å². The van der Waals surface area contributed by atoms with Gasteiger partial charge in [-0.3, -0.25) is 14.9 Å². The number of carbonyl (C=O) groups is 1. The normalized spacial score (nSPS) is 10.8. The van der Waals surface area contributed by atoms with Gasteiger partial charge in [0, 0.05) is 16.1 Å². The van der Waals surface area contributed by atoms with Crippen molar-refractivity contribution in [2.45, 2.75) is 6.92 Å². The molecule has 29 heavy (non-hydrogen) atoms. The van der Waals surface area contributed by atoms with Crippen molar-refractivity contribution < 1.29 is 18.9 Å². The van der Waals surface area contributed by atoms with Crippen molar-refractivity contribution in [3.05, 3.63) is 80.5 Å². The fourth-order valence-electron chi connectivity index (χ4n) is 2.43. The number of halogens is 1. The second kappa shape index (κ2) is 9.16. The maximum Gasteiger partial charge on any atom is 0.311 e. The molecule has 0 unspecified atom stereocenters. The molecule has 1 N–H and O–H groups in total. The van der Waals surface area contributed by atoms with Crippen LogP contribution in [0, 0.1) is 17.0 Å². The van der Waals surface area contributed by atoms with Crippen LogP contribution in [0.2, 0.25) is 0 Å². The van der Waals surface area contributed by atoms with Gasteiger partial charge >= 0.3 is 5.69 Å². The Kier molecular flexibility index (Phi) is 6.40. The molecule has 0 radical (unpaired) electrons. The van der Waals surface area contributed by atoms with E-state index < -0.39 is 17.4 Å². The van der Waals surface area contributed by atoms with Crippen LogP contribution >= 0.6 is 15.9 Å². The molecule has 9 heteroatoms. The van der Waals surface area contributed by atoms with Gasteiger partial charge in [0.25, 0.3) is 5.91 Å². The number of hydrazone groups is 1. The number of hydrogen-bond donors (Lipinski definition) is 1. The molecular formula is C20H16BrN3O5. The highest BCUT2D eigenvalue weighted by atomic mass is 79.9. The van der Waals surface area contributed by atoms with E-state index in [0.717, 1.165) is 15.6 Å². The van der Waals surface area contributed by atoms with Crippen LogP contribution < -0.4 is 10.2 Å². The van der Waals surface area contributed by atoms with Crippen molar-refractivity contribution >= 4 is 33.7 Å². The Labute approximate surface area is 174 Å². The van der Waals surface area contributed by atoms with Gasteiger partial charge in [-0.15, -0.1) is 0 Å². The molecule has 1 heterocycles. The van der Waals surface area contributed by atoms with Crippen molar-refractivity contribution in [2.75, 3.05) is 6.61 Å². The molecule has 0 aliphatic carbocycles. The molecule has 1 amide bonds. The summed E-state index contributed by atoms with van der Waals surface area (Å²) in [5.74, 6) is 0.583. The molecule has 3 aromatic rings. The SMILES string of the molecule is Cc1ccc(OCC(=O)NN=Cc2ccc(-c3ccc(Br)cc3)o2)c([N+](=O)[O-])c1. The molecule has 0 spiro atoms. The maximum atomic E-state index is 11.9. The van der Waals surface area contributed by atoms with E-state index >= 15 is 0 Å². The third-order valence-electron chi connectivity index (χ3n) is 3.81. The van der Waals surface area contributed by atoms with E-state index in [4.69, 9.17) is 9.15 Å². The Bertz CT molecular complexity index is 1060. The van der Waals surface area contributed by atoms with Crippen LogP contribution in [-0.4, -0.2) is 23.7 Å². The number of rotatable bonds is 7. The molecule has 8 nitrogen and oxygen atoms in total. The summed E-state index contributed by atoms with van der Waals surface area (Å²) in [7, 11) is 0. The average Bonchev–Trinajstić information content (AvgIpc) is 3.16. The highest BCUT2D eigenvalue weighted by Crippen LogP contribution is 2.27. The Morgan fingerprint density at radius 3 is 2.72 bits per heavy atom.